The molecule has 0 amide bonds. The topological polar surface area (TPSA) is 48.0 Å². The number of thioether (sulfide) groups is 1. The first-order valence-electron chi connectivity index (χ1n) is 7.78. The van der Waals surface area contributed by atoms with Gasteiger partial charge in [0, 0.05) is 28.0 Å². The monoisotopic (exact) mass is 360 g/mol. The molecule has 3 aromatic heterocycles. The second-order valence-electron chi connectivity index (χ2n) is 5.83. The Labute approximate surface area is 149 Å². The summed E-state index contributed by atoms with van der Waals surface area (Å²) in [6.45, 7) is 8.58. The summed E-state index contributed by atoms with van der Waals surface area (Å²) < 4.78 is 8.49. The molecule has 24 heavy (non-hydrogen) atoms. The van der Waals surface area contributed by atoms with E-state index in [4.69, 9.17) is 4.42 Å². The van der Waals surface area contributed by atoms with E-state index in [0.29, 0.717) is 6.54 Å². The van der Waals surface area contributed by atoms with Crippen LogP contribution in [0.5, 0.6) is 0 Å². The van der Waals surface area contributed by atoms with Gasteiger partial charge in [0.2, 0.25) is 0 Å². The molecule has 0 aliphatic heterocycles. The molecule has 0 radical (unpaired) electrons. The number of Topliss-reactive ketones (excluding diaryl/α,β-unsaturated/α-hetero) is 1. The van der Waals surface area contributed by atoms with E-state index < -0.39 is 0 Å². The van der Waals surface area contributed by atoms with Crippen LogP contribution in [0.15, 0.2) is 38.6 Å². The molecule has 0 unspecified atom stereocenters. The molecule has 0 N–H and O–H groups in total. The zero-order valence-corrected chi connectivity index (χ0v) is 15.8. The van der Waals surface area contributed by atoms with Crippen LogP contribution in [0.2, 0.25) is 0 Å². The molecule has 1 atom stereocenters. The number of carbonyl (C=O) groups is 1. The first-order chi connectivity index (χ1) is 11.5. The highest BCUT2D eigenvalue weighted by Crippen LogP contribution is 2.30. The highest BCUT2D eigenvalue weighted by atomic mass is 32.2. The van der Waals surface area contributed by atoms with E-state index in [9.17, 15) is 4.79 Å². The van der Waals surface area contributed by atoms with Crippen LogP contribution < -0.4 is 0 Å². The van der Waals surface area contributed by atoms with Gasteiger partial charge < -0.3 is 8.98 Å². The summed E-state index contributed by atoms with van der Waals surface area (Å²) >= 11 is 3.11. The maximum absolute atomic E-state index is 12.9. The van der Waals surface area contributed by atoms with Gasteiger partial charge in [-0.1, -0.05) is 11.8 Å². The molecule has 0 fully saturated rings. The van der Waals surface area contributed by atoms with Crippen LogP contribution in [0.4, 0.5) is 0 Å². The maximum atomic E-state index is 12.9. The summed E-state index contributed by atoms with van der Waals surface area (Å²) in [5, 5.41) is 1.85. The Bertz CT molecular complexity index is 847. The summed E-state index contributed by atoms with van der Waals surface area (Å²) in [4.78, 5) is 17.3. The Kier molecular flexibility index (Phi) is 4.96. The third kappa shape index (κ3) is 3.49. The van der Waals surface area contributed by atoms with E-state index in [1.54, 1.807) is 17.6 Å². The van der Waals surface area contributed by atoms with E-state index in [1.807, 2.05) is 51.3 Å². The van der Waals surface area contributed by atoms with Crippen molar-refractivity contribution < 1.29 is 9.21 Å². The quantitative estimate of drug-likeness (QED) is 0.464. The normalized spacial score (nSPS) is 12.5. The molecule has 0 bridgehead atoms. The minimum Gasteiger partial charge on any atom is -0.467 e. The zero-order valence-electron chi connectivity index (χ0n) is 14.2. The van der Waals surface area contributed by atoms with Crippen LogP contribution in [0.1, 0.15) is 40.1 Å². The molecule has 0 aliphatic rings. The van der Waals surface area contributed by atoms with Gasteiger partial charge in [0.25, 0.3) is 0 Å². The molecule has 3 rings (SSSR count). The Hall–Kier alpha value is -1.79. The summed E-state index contributed by atoms with van der Waals surface area (Å²) in [6.07, 6.45) is 1.67. The zero-order chi connectivity index (χ0) is 17.3. The SMILES string of the molecule is Cc1csc(S[C@@H](C)C(=O)c2cc(C)n(Cc3ccco3)c2C)n1. The van der Waals surface area contributed by atoms with Gasteiger partial charge in [0.05, 0.1) is 18.1 Å². The van der Waals surface area contributed by atoms with Crippen LogP contribution in [0.25, 0.3) is 0 Å². The number of hydrogen-bond acceptors (Lipinski definition) is 5. The number of aromatic nitrogens is 2. The van der Waals surface area contributed by atoms with Crippen molar-refractivity contribution in [3.8, 4) is 0 Å². The van der Waals surface area contributed by atoms with E-state index >= 15 is 0 Å². The summed E-state index contributed by atoms with van der Waals surface area (Å²) in [7, 11) is 0. The first kappa shape index (κ1) is 17.0. The van der Waals surface area contributed by atoms with Crippen molar-refractivity contribution in [2.45, 2.75) is 43.8 Å². The third-order valence-electron chi connectivity index (χ3n) is 3.98. The Balaban J connectivity index is 1.79. The van der Waals surface area contributed by atoms with Crippen LogP contribution in [0.3, 0.4) is 0 Å². The lowest BCUT2D eigenvalue weighted by molar-refractivity contribution is 0.0993. The van der Waals surface area contributed by atoms with Crippen LogP contribution in [-0.2, 0) is 6.54 Å². The van der Waals surface area contributed by atoms with Crippen molar-refractivity contribution in [1.29, 1.82) is 0 Å². The lowest BCUT2D eigenvalue weighted by Crippen LogP contribution is -2.14. The van der Waals surface area contributed by atoms with Gasteiger partial charge in [-0.15, -0.1) is 11.3 Å². The van der Waals surface area contributed by atoms with E-state index in [-0.39, 0.29) is 11.0 Å². The predicted molar refractivity (Wildman–Crippen MR) is 98.2 cm³/mol. The molecule has 3 aromatic rings. The van der Waals surface area contributed by atoms with Gasteiger partial charge in [-0.25, -0.2) is 4.98 Å². The highest BCUT2D eigenvalue weighted by Gasteiger charge is 2.23. The summed E-state index contributed by atoms with van der Waals surface area (Å²) in [5.74, 6) is 1.03. The lowest BCUT2D eigenvalue weighted by Gasteiger charge is -2.10. The molecule has 6 heteroatoms. The fourth-order valence-electron chi connectivity index (χ4n) is 2.66. The van der Waals surface area contributed by atoms with Gasteiger partial charge in [-0.2, -0.15) is 0 Å². The smallest absolute Gasteiger partial charge is 0.177 e. The summed E-state index contributed by atoms with van der Waals surface area (Å²) in [5.41, 5.74) is 3.83. The second kappa shape index (κ2) is 6.99. The molecule has 4 nitrogen and oxygen atoms in total. The van der Waals surface area contributed by atoms with E-state index in [2.05, 4.69) is 9.55 Å². The van der Waals surface area contributed by atoms with Crippen LogP contribution in [-0.4, -0.2) is 20.6 Å². The number of rotatable bonds is 6. The third-order valence-corrected chi connectivity index (χ3v) is 6.17. The molecule has 126 valence electrons. The van der Waals surface area contributed by atoms with Gasteiger partial charge >= 0.3 is 0 Å². The number of aryl methyl sites for hydroxylation is 2. The van der Waals surface area contributed by atoms with Gasteiger partial charge in [-0.3, -0.25) is 4.79 Å². The molecular formula is C18H20N2O2S2. The second-order valence-corrected chi connectivity index (χ2v) is 8.28. The van der Waals surface area contributed by atoms with E-state index in [1.165, 1.54) is 11.8 Å². The van der Waals surface area contributed by atoms with E-state index in [0.717, 1.165) is 32.7 Å². The van der Waals surface area contributed by atoms with Crippen molar-refractivity contribution in [1.82, 2.24) is 9.55 Å². The number of furan rings is 1. The fourth-order valence-corrected chi connectivity index (χ4v) is 4.72. The molecule has 0 aromatic carbocycles. The standard InChI is InChI=1S/C18H20N2O2S2/c1-11-10-23-18(19-11)24-14(4)17(21)16-8-12(2)20(13(16)3)9-15-6-5-7-22-15/h5-8,10,14H,9H2,1-4H3/t14-/m0/s1. The first-order valence-corrected chi connectivity index (χ1v) is 9.53. The van der Waals surface area contributed by atoms with Crippen LogP contribution in [0, 0.1) is 20.8 Å². The minimum absolute atomic E-state index is 0.145. The van der Waals surface area contributed by atoms with Gasteiger partial charge in [-0.05, 0) is 45.9 Å². The number of carbonyl (C=O) groups excluding carboxylic acids is 1. The predicted octanol–water partition coefficient (Wildman–Crippen LogP) is 4.87. The van der Waals surface area contributed by atoms with Crippen molar-refractivity contribution in [3.63, 3.8) is 0 Å². The van der Waals surface area contributed by atoms with Gasteiger partial charge in [0.1, 0.15) is 5.76 Å². The number of nitrogens with zero attached hydrogens (tertiary/aromatic N) is 2. The van der Waals surface area contributed by atoms with Gasteiger partial charge in [0.15, 0.2) is 10.1 Å². The largest absolute Gasteiger partial charge is 0.467 e. The van der Waals surface area contributed by atoms with Crippen molar-refractivity contribution in [2.24, 2.45) is 0 Å². The maximum Gasteiger partial charge on any atom is 0.177 e. The Morgan fingerprint density at radius 1 is 1.42 bits per heavy atom. The van der Waals surface area contributed by atoms with Crippen molar-refractivity contribution >= 4 is 28.9 Å². The van der Waals surface area contributed by atoms with Crippen LogP contribution >= 0.6 is 23.1 Å². The van der Waals surface area contributed by atoms with Crippen molar-refractivity contribution in [2.75, 3.05) is 0 Å². The molecule has 0 saturated heterocycles. The average Bonchev–Trinajstić information content (AvgIpc) is 3.25. The molecular weight excluding hydrogens is 340 g/mol. The summed E-state index contributed by atoms with van der Waals surface area (Å²) in [6, 6.07) is 5.80. The van der Waals surface area contributed by atoms with Crippen molar-refractivity contribution in [3.05, 3.63) is 58.2 Å². The Morgan fingerprint density at radius 2 is 2.21 bits per heavy atom. The minimum atomic E-state index is -0.159. The highest BCUT2D eigenvalue weighted by molar-refractivity contribution is 8.02. The average molecular weight is 361 g/mol. The number of hydrogen-bond donors (Lipinski definition) is 0. The molecule has 0 aliphatic carbocycles. The number of ketones is 1. The lowest BCUT2D eigenvalue weighted by atomic mass is 10.1. The molecule has 0 saturated carbocycles. The molecule has 3 heterocycles. The Morgan fingerprint density at radius 3 is 2.83 bits per heavy atom. The number of thiazole rings is 1. The molecule has 0 spiro atoms. The fraction of sp³-hybridized carbons (Fsp3) is 0.333.